The predicted octanol–water partition coefficient (Wildman–Crippen LogP) is 1.72. The van der Waals surface area contributed by atoms with Gasteiger partial charge in [0.2, 0.25) is 5.65 Å². The molecule has 1 saturated carbocycles. The van der Waals surface area contributed by atoms with E-state index < -0.39 is 0 Å². The molecule has 0 atom stereocenters. The van der Waals surface area contributed by atoms with Crippen LogP contribution in [-0.4, -0.2) is 25.1 Å². The third-order valence-corrected chi connectivity index (χ3v) is 3.25. The molecule has 2 aromatic heterocycles. The van der Waals surface area contributed by atoms with Crippen LogP contribution in [-0.2, 0) is 0 Å². The van der Waals surface area contributed by atoms with Crippen LogP contribution in [0.3, 0.4) is 0 Å². The van der Waals surface area contributed by atoms with Gasteiger partial charge < -0.3 is 5.32 Å². The molecule has 0 aromatic carbocycles. The van der Waals surface area contributed by atoms with E-state index in [1.54, 1.807) is 12.5 Å². The van der Waals surface area contributed by atoms with E-state index in [0.29, 0.717) is 0 Å². The van der Waals surface area contributed by atoms with Crippen LogP contribution in [0, 0.1) is 5.92 Å². The van der Waals surface area contributed by atoms with Crippen LogP contribution in [0.1, 0.15) is 26.7 Å². The number of anilines is 1. The van der Waals surface area contributed by atoms with Gasteiger partial charge in [0.25, 0.3) is 0 Å². The molecule has 1 aliphatic carbocycles. The molecule has 0 saturated heterocycles. The standard InChI is InChI=1S/C11H15N5/c1-11(2,8-3-4-8)14-9-10-15-13-7-16(10)6-5-12-9/h5-8H,3-4H2,1-2H3,(H,12,14). The summed E-state index contributed by atoms with van der Waals surface area (Å²) in [5, 5.41) is 11.4. The second kappa shape index (κ2) is 3.17. The van der Waals surface area contributed by atoms with Gasteiger partial charge in [0.1, 0.15) is 6.33 Å². The average molecular weight is 217 g/mol. The largest absolute Gasteiger partial charge is 0.362 e. The Labute approximate surface area is 93.9 Å². The summed E-state index contributed by atoms with van der Waals surface area (Å²) in [4.78, 5) is 4.34. The van der Waals surface area contributed by atoms with E-state index in [4.69, 9.17) is 0 Å². The van der Waals surface area contributed by atoms with E-state index in [1.165, 1.54) is 12.8 Å². The Kier molecular flexibility index (Phi) is 1.89. The van der Waals surface area contributed by atoms with Gasteiger partial charge in [0, 0.05) is 17.9 Å². The van der Waals surface area contributed by atoms with Gasteiger partial charge in [0.15, 0.2) is 5.82 Å². The van der Waals surface area contributed by atoms with Gasteiger partial charge in [-0.25, -0.2) is 4.98 Å². The lowest BCUT2D eigenvalue weighted by Gasteiger charge is -2.26. The monoisotopic (exact) mass is 217 g/mol. The van der Waals surface area contributed by atoms with Gasteiger partial charge >= 0.3 is 0 Å². The lowest BCUT2D eigenvalue weighted by Crippen LogP contribution is -2.33. The number of nitrogens with zero attached hydrogens (tertiary/aromatic N) is 4. The van der Waals surface area contributed by atoms with Crippen molar-refractivity contribution in [2.45, 2.75) is 32.2 Å². The molecule has 0 unspecified atom stereocenters. The summed E-state index contributed by atoms with van der Waals surface area (Å²) in [6.45, 7) is 4.43. The molecule has 1 N–H and O–H groups in total. The maximum atomic E-state index is 4.34. The highest BCUT2D eigenvalue weighted by molar-refractivity contribution is 5.62. The average Bonchev–Trinajstić information content (AvgIpc) is 2.98. The van der Waals surface area contributed by atoms with Gasteiger partial charge in [-0.3, -0.25) is 4.40 Å². The molecule has 0 spiro atoms. The first-order valence-corrected chi connectivity index (χ1v) is 5.59. The molecule has 3 rings (SSSR count). The van der Waals surface area contributed by atoms with Crippen molar-refractivity contribution in [3.63, 3.8) is 0 Å². The molecule has 2 heterocycles. The number of rotatable bonds is 3. The Morgan fingerprint density at radius 1 is 1.44 bits per heavy atom. The van der Waals surface area contributed by atoms with Crippen LogP contribution >= 0.6 is 0 Å². The predicted molar refractivity (Wildman–Crippen MR) is 61.2 cm³/mol. The molecule has 0 amide bonds. The van der Waals surface area contributed by atoms with E-state index in [0.717, 1.165) is 17.4 Å². The minimum Gasteiger partial charge on any atom is -0.362 e. The molecule has 0 bridgehead atoms. The molecule has 16 heavy (non-hydrogen) atoms. The maximum Gasteiger partial charge on any atom is 0.203 e. The van der Waals surface area contributed by atoms with Crippen LogP contribution in [0.2, 0.25) is 0 Å². The first-order chi connectivity index (χ1) is 7.67. The van der Waals surface area contributed by atoms with Crippen LogP contribution in [0.15, 0.2) is 18.7 Å². The smallest absolute Gasteiger partial charge is 0.203 e. The molecular weight excluding hydrogens is 202 g/mol. The first kappa shape index (κ1) is 9.57. The van der Waals surface area contributed by atoms with Crippen molar-refractivity contribution in [1.82, 2.24) is 19.6 Å². The molecule has 1 aliphatic rings. The van der Waals surface area contributed by atoms with Crippen molar-refractivity contribution < 1.29 is 0 Å². The van der Waals surface area contributed by atoms with Gasteiger partial charge in [-0.15, -0.1) is 10.2 Å². The molecule has 2 aromatic rings. The summed E-state index contributed by atoms with van der Waals surface area (Å²) in [6, 6.07) is 0. The zero-order chi connectivity index (χ0) is 11.2. The van der Waals surface area contributed by atoms with Crippen LogP contribution < -0.4 is 5.32 Å². The number of hydrogen-bond acceptors (Lipinski definition) is 4. The van der Waals surface area contributed by atoms with Crippen molar-refractivity contribution in [2.24, 2.45) is 5.92 Å². The van der Waals surface area contributed by atoms with Gasteiger partial charge in [0.05, 0.1) is 0 Å². The van der Waals surface area contributed by atoms with E-state index in [2.05, 4.69) is 34.3 Å². The number of nitrogens with one attached hydrogen (secondary N) is 1. The Morgan fingerprint density at radius 3 is 3.00 bits per heavy atom. The van der Waals surface area contributed by atoms with Crippen LogP contribution in [0.4, 0.5) is 5.82 Å². The summed E-state index contributed by atoms with van der Waals surface area (Å²) in [6.07, 6.45) is 7.91. The zero-order valence-electron chi connectivity index (χ0n) is 9.51. The fourth-order valence-corrected chi connectivity index (χ4v) is 2.06. The fourth-order valence-electron chi connectivity index (χ4n) is 2.06. The van der Waals surface area contributed by atoms with Gasteiger partial charge in [-0.2, -0.15) is 0 Å². The third kappa shape index (κ3) is 1.52. The molecule has 0 aliphatic heterocycles. The van der Waals surface area contributed by atoms with E-state index in [-0.39, 0.29) is 5.54 Å². The van der Waals surface area contributed by atoms with E-state index in [1.807, 2.05) is 10.6 Å². The van der Waals surface area contributed by atoms with Crippen molar-refractivity contribution in [3.8, 4) is 0 Å². The second-order valence-electron chi connectivity index (χ2n) is 4.96. The third-order valence-electron chi connectivity index (χ3n) is 3.25. The van der Waals surface area contributed by atoms with Crippen molar-refractivity contribution in [1.29, 1.82) is 0 Å². The minimum atomic E-state index is 0.0841. The van der Waals surface area contributed by atoms with Crippen molar-refractivity contribution >= 4 is 11.5 Å². The zero-order valence-corrected chi connectivity index (χ0v) is 9.51. The molecule has 1 fully saturated rings. The molecular formula is C11H15N5. The van der Waals surface area contributed by atoms with Crippen molar-refractivity contribution in [2.75, 3.05) is 5.32 Å². The van der Waals surface area contributed by atoms with E-state index in [9.17, 15) is 0 Å². The number of hydrogen-bond donors (Lipinski definition) is 1. The second-order valence-corrected chi connectivity index (χ2v) is 4.96. The Morgan fingerprint density at radius 2 is 2.25 bits per heavy atom. The highest BCUT2D eigenvalue weighted by Crippen LogP contribution is 2.41. The summed E-state index contributed by atoms with van der Waals surface area (Å²) in [5.41, 5.74) is 0.872. The summed E-state index contributed by atoms with van der Waals surface area (Å²) >= 11 is 0. The van der Waals surface area contributed by atoms with Gasteiger partial charge in [-0.05, 0) is 32.6 Å². The first-order valence-electron chi connectivity index (χ1n) is 5.59. The fraction of sp³-hybridized carbons (Fsp3) is 0.545. The topological polar surface area (TPSA) is 55.1 Å². The Balaban J connectivity index is 1.96. The van der Waals surface area contributed by atoms with Gasteiger partial charge in [-0.1, -0.05) is 0 Å². The quantitative estimate of drug-likeness (QED) is 0.850. The molecule has 5 heteroatoms. The van der Waals surface area contributed by atoms with E-state index >= 15 is 0 Å². The Hall–Kier alpha value is -1.65. The number of aromatic nitrogens is 4. The highest BCUT2D eigenvalue weighted by Gasteiger charge is 2.38. The summed E-state index contributed by atoms with van der Waals surface area (Å²) in [7, 11) is 0. The Bertz CT molecular complexity index is 512. The SMILES string of the molecule is CC(C)(Nc1nccn2cnnc12)C1CC1. The van der Waals surface area contributed by atoms with Crippen LogP contribution in [0.25, 0.3) is 5.65 Å². The summed E-state index contributed by atoms with van der Waals surface area (Å²) in [5.74, 6) is 1.56. The summed E-state index contributed by atoms with van der Waals surface area (Å²) < 4.78 is 1.87. The highest BCUT2D eigenvalue weighted by atomic mass is 15.3. The molecule has 5 nitrogen and oxygen atoms in total. The lowest BCUT2D eigenvalue weighted by atomic mass is 9.99. The minimum absolute atomic E-state index is 0.0841. The lowest BCUT2D eigenvalue weighted by molar-refractivity contribution is 0.493. The van der Waals surface area contributed by atoms with Crippen molar-refractivity contribution in [3.05, 3.63) is 18.7 Å². The number of fused-ring (bicyclic) bond motifs is 1. The molecule has 84 valence electrons. The molecule has 0 radical (unpaired) electrons. The maximum absolute atomic E-state index is 4.34. The normalized spacial score (nSPS) is 16.6. The van der Waals surface area contributed by atoms with Crippen LogP contribution in [0.5, 0.6) is 0 Å².